The molecule has 0 aliphatic carbocycles. The van der Waals surface area contributed by atoms with E-state index in [1.54, 1.807) is 74.5 Å². The molecule has 2 N–H and O–H groups in total. The van der Waals surface area contributed by atoms with E-state index in [4.69, 9.17) is 4.74 Å². The monoisotopic (exact) mass is 633 g/mol. The summed E-state index contributed by atoms with van der Waals surface area (Å²) in [4.78, 5) is 26.8. The molecule has 1 aliphatic rings. The highest BCUT2D eigenvalue weighted by atomic mass is 32.2. The van der Waals surface area contributed by atoms with Crippen LogP contribution in [-0.2, 0) is 32.2 Å². The Bertz CT molecular complexity index is 1520. The number of aliphatic hydroxyl groups excluding tert-OH is 1. The molecule has 1 aliphatic heterocycles. The van der Waals surface area contributed by atoms with Crippen LogP contribution in [0, 0.1) is 5.92 Å². The predicted molar refractivity (Wildman–Crippen MR) is 157 cm³/mol. The number of carbonyl (C=O) groups is 2. The number of ether oxygens (including phenoxy) is 1. The minimum atomic E-state index is -4.63. The largest absolute Gasteiger partial charge is 0.434 e. The van der Waals surface area contributed by atoms with E-state index in [1.165, 1.54) is 4.90 Å². The Kier molecular flexibility index (Phi) is 10.3. The van der Waals surface area contributed by atoms with Crippen LogP contribution in [0.1, 0.15) is 25.0 Å². The second-order valence-electron chi connectivity index (χ2n) is 10.9. The van der Waals surface area contributed by atoms with Crippen molar-refractivity contribution in [2.75, 3.05) is 24.5 Å². The van der Waals surface area contributed by atoms with Gasteiger partial charge in [0.1, 0.15) is 0 Å². The summed E-state index contributed by atoms with van der Waals surface area (Å²) in [5.74, 6) is -0.867. The topological polar surface area (TPSA) is 116 Å². The van der Waals surface area contributed by atoms with Crippen molar-refractivity contribution in [1.82, 2.24) is 9.62 Å². The molecule has 44 heavy (non-hydrogen) atoms. The zero-order chi connectivity index (χ0) is 32.1. The van der Waals surface area contributed by atoms with Crippen molar-refractivity contribution in [3.8, 4) is 0 Å². The van der Waals surface area contributed by atoms with Crippen molar-refractivity contribution in [3.05, 3.63) is 96.1 Å². The molecular formula is C31H34F3N3O6S. The molecule has 2 amide bonds. The Morgan fingerprint density at radius 1 is 1.00 bits per heavy atom. The standard InChI is InChI=1S/C31H34F3N3O6S/c1-21(2)18-36(44(41,42)25-15-13-23(14-16-25)31(32,33)34)19-27(38)26(17-22-9-5-3-6-10-22)35-29(39)28-20-37(30(40)43-28)24-11-7-4-8-12-24/h3-16,21,26-28,38H,17-20H2,1-2H3,(H,35,39)/t26-,27+,28-/m0/s1. The van der Waals surface area contributed by atoms with E-state index in [1.807, 2.05) is 0 Å². The first kappa shape index (κ1) is 33.0. The maximum atomic E-state index is 13.6. The van der Waals surface area contributed by atoms with E-state index in [0.717, 1.165) is 22.0 Å². The van der Waals surface area contributed by atoms with Crippen LogP contribution in [0.15, 0.2) is 89.8 Å². The van der Waals surface area contributed by atoms with Gasteiger partial charge in [0.15, 0.2) is 6.10 Å². The Hall–Kier alpha value is -3.94. The fourth-order valence-corrected chi connectivity index (χ4v) is 6.45. The summed E-state index contributed by atoms with van der Waals surface area (Å²) in [6.45, 7) is 2.96. The first-order valence-electron chi connectivity index (χ1n) is 14.0. The van der Waals surface area contributed by atoms with Gasteiger partial charge in [-0.3, -0.25) is 9.69 Å². The molecule has 13 heteroatoms. The van der Waals surface area contributed by atoms with Gasteiger partial charge in [0, 0.05) is 18.8 Å². The van der Waals surface area contributed by atoms with Gasteiger partial charge in [-0.05, 0) is 54.3 Å². The molecule has 4 rings (SSSR count). The summed E-state index contributed by atoms with van der Waals surface area (Å²) in [5.41, 5.74) is 0.301. The number of carbonyl (C=O) groups excluding carboxylic acids is 2. The van der Waals surface area contributed by atoms with Crippen molar-refractivity contribution in [2.24, 2.45) is 5.92 Å². The number of aliphatic hydroxyl groups is 1. The molecule has 0 saturated carbocycles. The minimum absolute atomic E-state index is 0.0430. The number of cyclic esters (lactones) is 1. The predicted octanol–water partition coefficient (Wildman–Crippen LogP) is 4.47. The first-order valence-corrected chi connectivity index (χ1v) is 15.4. The SMILES string of the molecule is CC(C)CN(C[C@@H](O)[C@H](Cc1ccccc1)NC(=O)[C@@H]1CN(c2ccccc2)C(=O)O1)S(=O)(=O)c1ccc(C(F)(F)F)cc1. The van der Waals surface area contributed by atoms with Crippen LogP contribution >= 0.6 is 0 Å². The fraction of sp³-hybridized carbons (Fsp3) is 0.355. The van der Waals surface area contributed by atoms with Gasteiger partial charge in [-0.1, -0.05) is 62.4 Å². The lowest BCUT2D eigenvalue weighted by Gasteiger charge is -2.31. The van der Waals surface area contributed by atoms with Crippen molar-refractivity contribution in [3.63, 3.8) is 0 Å². The van der Waals surface area contributed by atoms with Gasteiger partial charge in [0.25, 0.3) is 5.91 Å². The first-order chi connectivity index (χ1) is 20.8. The van der Waals surface area contributed by atoms with Crippen molar-refractivity contribution >= 4 is 27.7 Å². The number of sulfonamides is 1. The Labute approximate surface area is 254 Å². The number of alkyl halides is 3. The van der Waals surface area contributed by atoms with Crippen LogP contribution in [0.5, 0.6) is 0 Å². The molecule has 3 aromatic rings. The number of amides is 2. The second kappa shape index (κ2) is 13.8. The summed E-state index contributed by atoms with van der Waals surface area (Å²) in [6, 6.07) is 19.7. The van der Waals surface area contributed by atoms with Gasteiger partial charge in [-0.2, -0.15) is 17.5 Å². The molecule has 0 radical (unpaired) electrons. The number of nitrogens with one attached hydrogen (secondary N) is 1. The number of nitrogens with zero attached hydrogens (tertiary/aromatic N) is 2. The second-order valence-corrected chi connectivity index (χ2v) is 12.9. The molecule has 236 valence electrons. The highest BCUT2D eigenvalue weighted by Gasteiger charge is 2.39. The van der Waals surface area contributed by atoms with E-state index in [-0.39, 0.29) is 30.3 Å². The van der Waals surface area contributed by atoms with Crippen molar-refractivity contribution in [1.29, 1.82) is 0 Å². The van der Waals surface area contributed by atoms with Gasteiger partial charge in [0.2, 0.25) is 10.0 Å². The molecule has 0 aromatic heterocycles. The fourth-order valence-electron chi connectivity index (χ4n) is 4.82. The molecular weight excluding hydrogens is 599 g/mol. The minimum Gasteiger partial charge on any atom is -0.434 e. The summed E-state index contributed by atoms with van der Waals surface area (Å²) in [7, 11) is -4.33. The van der Waals surface area contributed by atoms with E-state index < -0.39 is 58.6 Å². The van der Waals surface area contributed by atoms with Gasteiger partial charge < -0.3 is 15.2 Å². The molecule has 1 heterocycles. The van der Waals surface area contributed by atoms with Gasteiger partial charge >= 0.3 is 12.3 Å². The lowest BCUT2D eigenvalue weighted by molar-refractivity contribution is -0.137. The average molecular weight is 634 g/mol. The van der Waals surface area contributed by atoms with Crippen molar-refractivity contribution in [2.45, 2.75) is 49.6 Å². The van der Waals surface area contributed by atoms with Crippen LogP contribution in [0.3, 0.4) is 0 Å². The smallest absolute Gasteiger partial charge is 0.416 e. The molecule has 3 atom stereocenters. The number of hydrogen-bond donors (Lipinski definition) is 2. The molecule has 0 spiro atoms. The number of anilines is 1. The van der Waals surface area contributed by atoms with Gasteiger partial charge in [-0.25, -0.2) is 13.2 Å². The molecule has 0 bridgehead atoms. The Morgan fingerprint density at radius 3 is 2.16 bits per heavy atom. The van der Waals surface area contributed by atoms with E-state index in [0.29, 0.717) is 17.8 Å². The van der Waals surface area contributed by atoms with E-state index in [9.17, 15) is 36.3 Å². The number of rotatable bonds is 12. The normalized spacial score (nSPS) is 17.0. The lowest BCUT2D eigenvalue weighted by atomic mass is 10.0. The number of para-hydroxylation sites is 1. The van der Waals surface area contributed by atoms with Gasteiger partial charge in [-0.15, -0.1) is 0 Å². The molecule has 1 saturated heterocycles. The van der Waals surface area contributed by atoms with E-state index in [2.05, 4.69) is 5.32 Å². The molecule has 0 unspecified atom stereocenters. The third-order valence-corrected chi connectivity index (χ3v) is 8.89. The molecule has 9 nitrogen and oxygen atoms in total. The lowest BCUT2D eigenvalue weighted by Crippen LogP contribution is -2.53. The van der Waals surface area contributed by atoms with Crippen LogP contribution < -0.4 is 10.2 Å². The summed E-state index contributed by atoms with van der Waals surface area (Å²) >= 11 is 0. The number of hydrogen-bond acceptors (Lipinski definition) is 6. The molecule has 3 aromatic carbocycles. The summed E-state index contributed by atoms with van der Waals surface area (Å²) in [5, 5.41) is 14.1. The maximum Gasteiger partial charge on any atom is 0.416 e. The van der Waals surface area contributed by atoms with Crippen molar-refractivity contribution < 1.29 is 41.0 Å². The third-order valence-electron chi connectivity index (χ3n) is 7.04. The highest BCUT2D eigenvalue weighted by molar-refractivity contribution is 7.89. The highest BCUT2D eigenvalue weighted by Crippen LogP contribution is 2.30. The van der Waals surface area contributed by atoms with Gasteiger partial charge in [0.05, 0.1) is 29.1 Å². The number of halogens is 3. The van der Waals surface area contributed by atoms with Crippen LogP contribution in [-0.4, -0.2) is 67.7 Å². The molecule has 1 fully saturated rings. The van der Waals surface area contributed by atoms with Crippen LogP contribution in [0.4, 0.5) is 23.7 Å². The average Bonchev–Trinajstić information content (AvgIpc) is 3.38. The van der Waals surface area contributed by atoms with E-state index >= 15 is 0 Å². The zero-order valence-electron chi connectivity index (χ0n) is 24.1. The maximum absolute atomic E-state index is 13.6. The quantitative estimate of drug-likeness (QED) is 0.304. The Balaban J connectivity index is 1.55. The van der Waals surface area contributed by atoms with Crippen LogP contribution in [0.25, 0.3) is 0 Å². The third kappa shape index (κ3) is 8.16. The zero-order valence-corrected chi connectivity index (χ0v) is 25.0. The Morgan fingerprint density at radius 2 is 1.59 bits per heavy atom. The summed E-state index contributed by atoms with van der Waals surface area (Å²) in [6.07, 6.45) is -7.85. The van der Waals surface area contributed by atoms with Crippen LogP contribution in [0.2, 0.25) is 0 Å². The summed E-state index contributed by atoms with van der Waals surface area (Å²) < 4.78 is 72.7. The number of benzene rings is 3.